The van der Waals surface area contributed by atoms with Crippen LogP contribution in [-0.2, 0) is 17.9 Å². The predicted molar refractivity (Wildman–Crippen MR) is 88.2 cm³/mol. The molecule has 2 rings (SSSR count). The Hall–Kier alpha value is -2.43. The standard InChI is InChI=1S/C18H23NO4/c1-6-19-12(2)9-16(13(19)3)18(20)23-11-14-10-15(21-4)7-8-17(14)22-5/h7-10H,6,11H2,1-5H3. The second-order valence-electron chi connectivity index (χ2n) is 5.28. The topological polar surface area (TPSA) is 49.7 Å². The van der Waals surface area contributed by atoms with Crippen LogP contribution in [0.3, 0.4) is 0 Å². The van der Waals surface area contributed by atoms with Gasteiger partial charge in [-0.1, -0.05) is 0 Å². The first-order chi connectivity index (χ1) is 11.0. The highest BCUT2D eigenvalue weighted by atomic mass is 16.5. The molecule has 0 N–H and O–H groups in total. The van der Waals surface area contributed by atoms with Crippen molar-refractivity contribution in [2.75, 3.05) is 14.2 Å². The quantitative estimate of drug-likeness (QED) is 0.765. The first-order valence-electron chi connectivity index (χ1n) is 7.56. The van der Waals surface area contributed by atoms with Gasteiger partial charge in [0.2, 0.25) is 0 Å². The SMILES string of the molecule is CCn1c(C)cc(C(=O)OCc2cc(OC)ccc2OC)c1C. The van der Waals surface area contributed by atoms with Gasteiger partial charge in [0.05, 0.1) is 19.8 Å². The molecule has 0 unspecified atom stereocenters. The molecule has 0 spiro atoms. The fourth-order valence-electron chi connectivity index (χ4n) is 2.71. The minimum atomic E-state index is -0.331. The Morgan fingerprint density at radius 1 is 1.13 bits per heavy atom. The van der Waals surface area contributed by atoms with E-state index in [4.69, 9.17) is 14.2 Å². The lowest BCUT2D eigenvalue weighted by Crippen LogP contribution is -2.08. The van der Waals surface area contributed by atoms with E-state index in [-0.39, 0.29) is 12.6 Å². The second kappa shape index (κ2) is 7.22. The minimum Gasteiger partial charge on any atom is -0.497 e. The molecule has 0 aliphatic heterocycles. The molecule has 0 aliphatic carbocycles. The molecule has 2 aromatic rings. The monoisotopic (exact) mass is 317 g/mol. The molecule has 1 aromatic heterocycles. The number of aryl methyl sites for hydroxylation is 1. The highest BCUT2D eigenvalue weighted by molar-refractivity contribution is 5.91. The summed E-state index contributed by atoms with van der Waals surface area (Å²) in [5.74, 6) is 1.03. The smallest absolute Gasteiger partial charge is 0.340 e. The van der Waals surface area contributed by atoms with Crippen LogP contribution < -0.4 is 9.47 Å². The Bertz CT molecular complexity index is 703. The number of carbonyl (C=O) groups is 1. The second-order valence-corrected chi connectivity index (χ2v) is 5.28. The Balaban J connectivity index is 2.16. The van der Waals surface area contributed by atoms with E-state index in [9.17, 15) is 4.79 Å². The number of methoxy groups -OCH3 is 2. The first-order valence-corrected chi connectivity index (χ1v) is 7.56. The number of hydrogen-bond donors (Lipinski definition) is 0. The Kier molecular flexibility index (Phi) is 5.32. The van der Waals surface area contributed by atoms with Crippen LogP contribution in [0.5, 0.6) is 11.5 Å². The van der Waals surface area contributed by atoms with Crippen molar-refractivity contribution in [2.45, 2.75) is 33.9 Å². The van der Waals surface area contributed by atoms with Gasteiger partial charge in [-0.3, -0.25) is 0 Å². The summed E-state index contributed by atoms with van der Waals surface area (Å²) in [6.45, 7) is 6.93. The van der Waals surface area contributed by atoms with Gasteiger partial charge in [0, 0.05) is 23.5 Å². The zero-order chi connectivity index (χ0) is 17.0. The third-order valence-corrected chi connectivity index (χ3v) is 3.96. The van der Waals surface area contributed by atoms with E-state index in [1.165, 1.54) is 0 Å². The largest absolute Gasteiger partial charge is 0.497 e. The van der Waals surface area contributed by atoms with Crippen LogP contribution in [0.15, 0.2) is 24.3 Å². The summed E-state index contributed by atoms with van der Waals surface area (Å²) in [5.41, 5.74) is 3.35. The lowest BCUT2D eigenvalue weighted by atomic mass is 10.2. The average molecular weight is 317 g/mol. The van der Waals surface area contributed by atoms with Crippen LogP contribution in [0.4, 0.5) is 0 Å². The van der Waals surface area contributed by atoms with Gasteiger partial charge in [0.1, 0.15) is 18.1 Å². The van der Waals surface area contributed by atoms with Gasteiger partial charge < -0.3 is 18.8 Å². The number of aromatic nitrogens is 1. The van der Waals surface area contributed by atoms with Gasteiger partial charge in [0.25, 0.3) is 0 Å². The van der Waals surface area contributed by atoms with E-state index in [2.05, 4.69) is 11.5 Å². The van der Waals surface area contributed by atoms with E-state index in [1.54, 1.807) is 32.4 Å². The van der Waals surface area contributed by atoms with Crippen molar-refractivity contribution < 1.29 is 19.0 Å². The van der Waals surface area contributed by atoms with Crippen molar-refractivity contribution in [1.82, 2.24) is 4.57 Å². The Morgan fingerprint density at radius 2 is 1.87 bits per heavy atom. The summed E-state index contributed by atoms with van der Waals surface area (Å²) in [7, 11) is 3.18. The van der Waals surface area contributed by atoms with Crippen molar-refractivity contribution >= 4 is 5.97 Å². The third-order valence-electron chi connectivity index (χ3n) is 3.96. The predicted octanol–water partition coefficient (Wildman–Crippen LogP) is 3.50. The molecule has 1 aromatic carbocycles. The normalized spacial score (nSPS) is 10.5. The van der Waals surface area contributed by atoms with Crippen molar-refractivity contribution in [3.8, 4) is 11.5 Å². The molecule has 0 saturated heterocycles. The lowest BCUT2D eigenvalue weighted by Gasteiger charge is -2.11. The molecule has 124 valence electrons. The van der Waals surface area contributed by atoms with Crippen LogP contribution in [0, 0.1) is 13.8 Å². The highest BCUT2D eigenvalue weighted by Crippen LogP contribution is 2.25. The van der Waals surface area contributed by atoms with Crippen LogP contribution in [0.25, 0.3) is 0 Å². The Labute approximate surface area is 136 Å². The maximum absolute atomic E-state index is 12.4. The molecule has 5 nitrogen and oxygen atoms in total. The van der Waals surface area contributed by atoms with Gasteiger partial charge in [-0.2, -0.15) is 0 Å². The molecule has 1 heterocycles. The number of carbonyl (C=O) groups excluding carboxylic acids is 1. The molecule has 23 heavy (non-hydrogen) atoms. The maximum Gasteiger partial charge on any atom is 0.340 e. The summed E-state index contributed by atoms with van der Waals surface area (Å²) >= 11 is 0. The zero-order valence-electron chi connectivity index (χ0n) is 14.3. The highest BCUT2D eigenvalue weighted by Gasteiger charge is 2.17. The lowest BCUT2D eigenvalue weighted by molar-refractivity contribution is 0.0469. The molecule has 0 fully saturated rings. The summed E-state index contributed by atoms with van der Waals surface area (Å²) in [6, 6.07) is 7.27. The molecule has 0 amide bonds. The third kappa shape index (κ3) is 3.50. The average Bonchev–Trinajstić information content (AvgIpc) is 2.86. The summed E-state index contributed by atoms with van der Waals surface area (Å²) in [4.78, 5) is 12.4. The fraction of sp³-hybridized carbons (Fsp3) is 0.389. The van der Waals surface area contributed by atoms with Crippen molar-refractivity contribution in [3.05, 3.63) is 46.8 Å². The van der Waals surface area contributed by atoms with E-state index in [0.29, 0.717) is 17.1 Å². The van der Waals surface area contributed by atoms with Crippen LogP contribution in [0.1, 0.15) is 34.2 Å². The van der Waals surface area contributed by atoms with Crippen LogP contribution in [0.2, 0.25) is 0 Å². The molecule has 0 radical (unpaired) electrons. The van der Waals surface area contributed by atoms with Gasteiger partial charge in [-0.25, -0.2) is 4.79 Å². The number of esters is 1. The van der Waals surface area contributed by atoms with E-state index in [0.717, 1.165) is 23.5 Å². The zero-order valence-corrected chi connectivity index (χ0v) is 14.3. The van der Waals surface area contributed by atoms with Gasteiger partial charge in [-0.05, 0) is 45.0 Å². The fourth-order valence-corrected chi connectivity index (χ4v) is 2.71. The van der Waals surface area contributed by atoms with Gasteiger partial charge in [0.15, 0.2) is 0 Å². The number of hydrogen-bond acceptors (Lipinski definition) is 4. The molecule has 0 aliphatic rings. The van der Waals surface area contributed by atoms with Crippen LogP contribution in [-0.4, -0.2) is 24.8 Å². The van der Waals surface area contributed by atoms with Gasteiger partial charge in [-0.15, -0.1) is 0 Å². The first kappa shape index (κ1) is 16.9. The van der Waals surface area contributed by atoms with Crippen molar-refractivity contribution in [1.29, 1.82) is 0 Å². The maximum atomic E-state index is 12.4. The number of benzene rings is 1. The molecule has 0 bridgehead atoms. The number of nitrogens with zero attached hydrogens (tertiary/aromatic N) is 1. The molecular formula is C18H23NO4. The van der Waals surface area contributed by atoms with Crippen LogP contribution >= 0.6 is 0 Å². The molecule has 5 heteroatoms. The van der Waals surface area contributed by atoms with E-state index in [1.807, 2.05) is 19.9 Å². The summed E-state index contributed by atoms with van der Waals surface area (Å²) < 4.78 is 18.0. The number of rotatable bonds is 6. The van der Waals surface area contributed by atoms with Crippen molar-refractivity contribution in [2.24, 2.45) is 0 Å². The van der Waals surface area contributed by atoms with Gasteiger partial charge >= 0.3 is 5.97 Å². The van der Waals surface area contributed by atoms with Crippen molar-refractivity contribution in [3.63, 3.8) is 0 Å². The molecule has 0 saturated carbocycles. The molecular weight excluding hydrogens is 294 g/mol. The summed E-state index contributed by atoms with van der Waals surface area (Å²) in [5, 5.41) is 0. The van der Waals surface area contributed by atoms with E-state index >= 15 is 0 Å². The minimum absolute atomic E-state index is 0.134. The Morgan fingerprint density at radius 3 is 2.43 bits per heavy atom. The van der Waals surface area contributed by atoms with E-state index < -0.39 is 0 Å². The molecule has 0 atom stereocenters. The summed E-state index contributed by atoms with van der Waals surface area (Å²) in [6.07, 6.45) is 0. The number of ether oxygens (including phenoxy) is 3.